The molecular formula is C31H33N3O4S. The molecule has 8 heteroatoms. The molecule has 39 heavy (non-hydrogen) atoms. The minimum atomic E-state index is -0.316. The van der Waals surface area contributed by atoms with Gasteiger partial charge in [0.15, 0.2) is 0 Å². The zero-order chi connectivity index (χ0) is 26.9. The standard InChI is InChI=1S/C31H33N3O4S/c1-4-38-22-10-7-9-20(17-22)29-26-12-8-16-33(26)30-24(23-11-5-6-13-28(23)39-30)19-34(29)31(35)32-25-15-14-21(36-2)18-27(25)37-3/h7-10,12,14-18,29H,4-6,11,13,19H2,1-3H3,(H,32,35). The van der Waals surface area contributed by atoms with Crippen molar-refractivity contribution in [2.75, 3.05) is 26.1 Å². The summed E-state index contributed by atoms with van der Waals surface area (Å²) in [4.78, 5) is 17.7. The van der Waals surface area contributed by atoms with Crippen molar-refractivity contribution in [3.8, 4) is 22.2 Å². The van der Waals surface area contributed by atoms with Crippen molar-refractivity contribution < 1.29 is 19.0 Å². The fourth-order valence-electron chi connectivity index (χ4n) is 5.77. The number of carbonyl (C=O) groups excluding carboxylic acids is 1. The first-order valence-corrected chi connectivity index (χ1v) is 14.3. The van der Waals surface area contributed by atoms with Gasteiger partial charge in [0.25, 0.3) is 0 Å². The average molecular weight is 544 g/mol. The number of amides is 2. The quantitative estimate of drug-likeness (QED) is 0.285. The van der Waals surface area contributed by atoms with E-state index in [4.69, 9.17) is 14.2 Å². The van der Waals surface area contributed by atoms with Crippen LogP contribution >= 0.6 is 11.3 Å². The van der Waals surface area contributed by atoms with Gasteiger partial charge in [0.1, 0.15) is 22.2 Å². The average Bonchev–Trinajstić information content (AvgIpc) is 3.55. The molecule has 0 bridgehead atoms. The number of fused-ring (bicyclic) bond motifs is 5. The number of carbonyl (C=O) groups is 1. The summed E-state index contributed by atoms with van der Waals surface area (Å²) < 4.78 is 19.1. The lowest BCUT2D eigenvalue weighted by Crippen LogP contribution is -2.38. The Morgan fingerprint density at radius 3 is 2.69 bits per heavy atom. The highest BCUT2D eigenvalue weighted by molar-refractivity contribution is 7.15. The number of aromatic nitrogens is 1. The van der Waals surface area contributed by atoms with Crippen LogP contribution in [0.2, 0.25) is 0 Å². The summed E-state index contributed by atoms with van der Waals surface area (Å²) in [5.41, 5.74) is 5.33. The second-order valence-electron chi connectivity index (χ2n) is 9.83. The first-order valence-electron chi connectivity index (χ1n) is 13.4. The zero-order valence-corrected chi connectivity index (χ0v) is 23.3. The number of ether oxygens (including phenoxy) is 3. The maximum Gasteiger partial charge on any atom is 0.323 e. The lowest BCUT2D eigenvalue weighted by atomic mass is 9.95. The summed E-state index contributed by atoms with van der Waals surface area (Å²) in [7, 11) is 3.20. The Labute approximate surface area is 232 Å². The van der Waals surface area contributed by atoms with Gasteiger partial charge in [-0.3, -0.25) is 0 Å². The summed E-state index contributed by atoms with van der Waals surface area (Å²) in [6.45, 7) is 3.07. The fourth-order valence-corrected chi connectivity index (χ4v) is 7.17. The van der Waals surface area contributed by atoms with E-state index in [0.29, 0.717) is 30.3 Å². The van der Waals surface area contributed by atoms with E-state index in [1.54, 1.807) is 20.3 Å². The van der Waals surface area contributed by atoms with Crippen LogP contribution in [0.4, 0.5) is 10.5 Å². The predicted octanol–water partition coefficient (Wildman–Crippen LogP) is 6.97. The van der Waals surface area contributed by atoms with Crippen LogP contribution in [0.25, 0.3) is 5.00 Å². The molecule has 1 aliphatic heterocycles. The van der Waals surface area contributed by atoms with Crippen LogP contribution in [0.3, 0.4) is 0 Å². The summed E-state index contributed by atoms with van der Waals surface area (Å²) in [6.07, 6.45) is 6.70. The second-order valence-corrected chi connectivity index (χ2v) is 10.9. The number of thiophene rings is 1. The number of hydrogen-bond acceptors (Lipinski definition) is 5. The molecule has 7 nitrogen and oxygen atoms in total. The maximum atomic E-state index is 14.3. The Bertz CT molecular complexity index is 1510. The van der Waals surface area contributed by atoms with Gasteiger partial charge in [-0.1, -0.05) is 12.1 Å². The summed E-state index contributed by atoms with van der Waals surface area (Å²) in [5, 5.41) is 4.37. The minimum Gasteiger partial charge on any atom is -0.497 e. The van der Waals surface area contributed by atoms with E-state index in [0.717, 1.165) is 29.8 Å². The number of rotatable bonds is 6. The predicted molar refractivity (Wildman–Crippen MR) is 154 cm³/mol. The Kier molecular flexibility index (Phi) is 6.95. The second kappa shape index (κ2) is 10.7. The number of nitrogens with one attached hydrogen (secondary N) is 1. The van der Waals surface area contributed by atoms with E-state index in [2.05, 4.69) is 40.3 Å². The van der Waals surface area contributed by atoms with E-state index in [1.165, 1.54) is 33.8 Å². The van der Waals surface area contributed by atoms with Crippen LogP contribution in [0.5, 0.6) is 17.2 Å². The minimum absolute atomic E-state index is 0.193. The van der Waals surface area contributed by atoms with Crippen LogP contribution in [-0.2, 0) is 19.4 Å². The molecule has 4 aromatic rings. The first-order chi connectivity index (χ1) is 19.1. The third kappa shape index (κ3) is 4.63. The van der Waals surface area contributed by atoms with Crippen molar-refractivity contribution in [3.63, 3.8) is 0 Å². The molecule has 1 N–H and O–H groups in total. The number of urea groups is 1. The molecule has 1 unspecified atom stereocenters. The number of nitrogens with zero attached hydrogens (tertiary/aromatic N) is 2. The van der Waals surface area contributed by atoms with E-state index < -0.39 is 0 Å². The van der Waals surface area contributed by atoms with E-state index in [1.807, 2.05) is 47.4 Å². The molecule has 2 aromatic heterocycles. The number of aryl methyl sites for hydroxylation is 1. The van der Waals surface area contributed by atoms with E-state index in [9.17, 15) is 4.79 Å². The number of benzene rings is 2. The topological polar surface area (TPSA) is 65.0 Å². The van der Waals surface area contributed by atoms with Crippen LogP contribution in [0, 0.1) is 0 Å². The maximum absolute atomic E-state index is 14.3. The molecule has 1 atom stereocenters. The Balaban J connectivity index is 1.47. The zero-order valence-electron chi connectivity index (χ0n) is 22.5. The molecule has 2 aliphatic rings. The van der Waals surface area contributed by atoms with Crippen LogP contribution in [-0.4, -0.2) is 36.3 Å². The Morgan fingerprint density at radius 1 is 1.00 bits per heavy atom. The van der Waals surface area contributed by atoms with Gasteiger partial charge < -0.3 is 29.0 Å². The van der Waals surface area contributed by atoms with Crippen LogP contribution < -0.4 is 19.5 Å². The SMILES string of the molecule is CCOc1cccc(C2c3cccn3-c3sc4c(c3CN2C(=O)Nc2ccc(OC)cc2OC)CCCC4)c1. The number of anilines is 1. The van der Waals surface area contributed by atoms with Crippen LogP contribution in [0.1, 0.15) is 53.1 Å². The van der Waals surface area contributed by atoms with Crippen molar-refractivity contribution in [2.45, 2.75) is 45.2 Å². The van der Waals surface area contributed by atoms with Crippen molar-refractivity contribution in [2.24, 2.45) is 0 Å². The van der Waals surface area contributed by atoms with Gasteiger partial charge in [0.2, 0.25) is 0 Å². The molecule has 0 spiro atoms. The summed E-state index contributed by atoms with van der Waals surface area (Å²) >= 11 is 1.88. The van der Waals surface area contributed by atoms with Gasteiger partial charge in [0.05, 0.1) is 44.8 Å². The normalized spacial score (nSPS) is 16.0. The molecule has 0 radical (unpaired) electrons. The third-order valence-electron chi connectivity index (χ3n) is 7.57. The van der Waals surface area contributed by atoms with Gasteiger partial charge in [-0.15, -0.1) is 11.3 Å². The molecule has 6 rings (SSSR count). The Hall–Kier alpha value is -3.91. The molecule has 202 valence electrons. The number of hydrogen-bond donors (Lipinski definition) is 1. The highest BCUT2D eigenvalue weighted by Crippen LogP contribution is 2.44. The summed E-state index contributed by atoms with van der Waals surface area (Å²) in [6, 6.07) is 17.2. The van der Waals surface area contributed by atoms with Gasteiger partial charge in [-0.2, -0.15) is 0 Å². The Morgan fingerprint density at radius 2 is 1.87 bits per heavy atom. The molecule has 3 heterocycles. The highest BCUT2D eigenvalue weighted by atomic mass is 32.1. The molecule has 0 saturated heterocycles. The van der Waals surface area contributed by atoms with Gasteiger partial charge in [-0.05, 0) is 80.1 Å². The molecular weight excluding hydrogens is 510 g/mol. The monoisotopic (exact) mass is 543 g/mol. The molecule has 2 amide bonds. The van der Waals surface area contributed by atoms with Gasteiger partial charge in [-0.25, -0.2) is 4.79 Å². The molecule has 1 aliphatic carbocycles. The van der Waals surface area contributed by atoms with Crippen LogP contribution in [0.15, 0.2) is 60.8 Å². The smallest absolute Gasteiger partial charge is 0.323 e. The van der Waals surface area contributed by atoms with Crippen molar-refractivity contribution >= 4 is 23.1 Å². The van der Waals surface area contributed by atoms with Gasteiger partial charge in [0, 0.05) is 22.7 Å². The largest absolute Gasteiger partial charge is 0.497 e. The molecule has 0 saturated carbocycles. The lowest BCUT2D eigenvalue weighted by Gasteiger charge is -2.32. The lowest BCUT2D eigenvalue weighted by molar-refractivity contribution is 0.194. The number of methoxy groups -OCH3 is 2. The summed E-state index contributed by atoms with van der Waals surface area (Å²) in [5.74, 6) is 2.00. The molecule has 0 fully saturated rings. The van der Waals surface area contributed by atoms with Crippen molar-refractivity contribution in [1.82, 2.24) is 9.47 Å². The molecule has 2 aromatic carbocycles. The first kappa shape index (κ1) is 25.4. The van der Waals surface area contributed by atoms with Crippen molar-refractivity contribution in [1.29, 1.82) is 0 Å². The van der Waals surface area contributed by atoms with E-state index >= 15 is 0 Å². The van der Waals surface area contributed by atoms with Gasteiger partial charge >= 0.3 is 6.03 Å². The van der Waals surface area contributed by atoms with Crippen molar-refractivity contribution in [3.05, 3.63) is 88.1 Å². The van der Waals surface area contributed by atoms with E-state index in [-0.39, 0.29) is 12.1 Å². The highest BCUT2D eigenvalue weighted by Gasteiger charge is 2.36. The fraction of sp³-hybridized carbons (Fsp3) is 0.323. The third-order valence-corrected chi connectivity index (χ3v) is 8.91.